The van der Waals surface area contributed by atoms with Gasteiger partial charge in [-0.3, -0.25) is 4.79 Å². The van der Waals surface area contributed by atoms with Gasteiger partial charge in [-0.15, -0.1) is 0 Å². The van der Waals surface area contributed by atoms with E-state index in [0.29, 0.717) is 17.0 Å². The fourth-order valence-corrected chi connectivity index (χ4v) is 2.17. The van der Waals surface area contributed by atoms with Gasteiger partial charge in [0.15, 0.2) is 6.10 Å². The molecular weight excluding hydrogens is 320 g/mol. The van der Waals surface area contributed by atoms with Crippen LogP contribution in [0.15, 0.2) is 42.5 Å². The Hall–Kier alpha value is -3.33. The van der Waals surface area contributed by atoms with Crippen LogP contribution in [0, 0.1) is 18.3 Å². The molecule has 0 saturated heterocycles. The van der Waals surface area contributed by atoms with Gasteiger partial charge in [-0.1, -0.05) is 17.7 Å². The summed E-state index contributed by atoms with van der Waals surface area (Å²) in [5.41, 5.74) is 2.01. The molecule has 2 rings (SSSR count). The molecule has 0 fully saturated rings. The Morgan fingerprint density at radius 2 is 1.96 bits per heavy atom. The number of ether oxygens (including phenoxy) is 2. The summed E-state index contributed by atoms with van der Waals surface area (Å²) in [5.74, 6) is -0.756. The molecule has 1 N–H and O–H groups in total. The fourth-order valence-electron chi connectivity index (χ4n) is 2.17. The molecule has 25 heavy (non-hydrogen) atoms. The first-order chi connectivity index (χ1) is 11.9. The number of methoxy groups -OCH3 is 1. The van der Waals surface area contributed by atoms with Gasteiger partial charge in [-0.25, -0.2) is 4.79 Å². The minimum absolute atomic E-state index is 0.258. The predicted molar refractivity (Wildman–Crippen MR) is 92.4 cm³/mol. The quantitative estimate of drug-likeness (QED) is 0.847. The summed E-state index contributed by atoms with van der Waals surface area (Å²) >= 11 is 0. The van der Waals surface area contributed by atoms with E-state index in [1.54, 1.807) is 30.3 Å². The molecule has 1 amide bonds. The lowest BCUT2D eigenvalue weighted by Gasteiger charge is -2.15. The van der Waals surface area contributed by atoms with Gasteiger partial charge in [0, 0.05) is 5.69 Å². The van der Waals surface area contributed by atoms with Crippen LogP contribution >= 0.6 is 0 Å². The maximum Gasteiger partial charge on any atom is 0.342 e. The summed E-state index contributed by atoms with van der Waals surface area (Å²) in [6.07, 6.45) is -1.01. The zero-order chi connectivity index (χ0) is 18.4. The predicted octanol–water partition coefficient (Wildman–Crippen LogP) is 3.06. The van der Waals surface area contributed by atoms with Crippen molar-refractivity contribution in [2.75, 3.05) is 12.4 Å². The molecule has 6 nitrogen and oxygen atoms in total. The highest BCUT2D eigenvalue weighted by Gasteiger charge is 2.21. The minimum atomic E-state index is -1.01. The molecule has 0 aliphatic rings. The summed E-state index contributed by atoms with van der Waals surface area (Å²) in [6, 6.07) is 13.6. The number of carbonyl (C=O) groups excluding carboxylic acids is 2. The van der Waals surface area contributed by atoms with E-state index in [4.69, 9.17) is 14.7 Å². The van der Waals surface area contributed by atoms with Crippen molar-refractivity contribution < 1.29 is 19.1 Å². The number of hydrogen-bond donors (Lipinski definition) is 1. The lowest BCUT2D eigenvalue weighted by Crippen LogP contribution is -2.30. The van der Waals surface area contributed by atoms with Gasteiger partial charge >= 0.3 is 5.97 Å². The van der Waals surface area contributed by atoms with Crippen LogP contribution in [0.25, 0.3) is 0 Å². The number of esters is 1. The summed E-state index contributed by atoms with van der Waals surface area (Å²) in [7, 11) is 1.46. The number of rotatable bonds is 5. The van der Waals surface area contributed by atoms with Crippen LogP contribution in [0.5, 0.6) is 5.75 Å². The number of nitrogens with one attached hydrogen (secondary N) is 1. The Morgan fingerprint density at radius 3 is 2.64 bits per heavy atom. The molecule has 0 radical (unpaired) electrons. The number of aryl methyl sites for hydroxylation is 1. The molecule has 0 unspecified atom stereocenters. The normalized spacial score (nSPS) is 11.1. The first kappa shape index (κ1) is 18.0. The molecule has 0 aliphatic heterocycles. The minimum Gasteiger partial charge on any atom is -0.496 e. The average molecular weight is 338 g/mol. The Bertz CT molecular complexity index is 840. The van der Waals surface area contributed by atoms with Crippen molar-refractivity contribution in [2.45, 2.75) is 20.0 Å². The van der Waals surface area contributed by atoms with E-state index in [1.807, 2.05) is 19.1 Å². The molecule has 6 heteroatoms. The summed E-state index contributed by atoms with van der Waals surface area (Å²) in [4.78, 5) is 24.5. The third-order valence-electron chi connectivity index (χ3n) is 3.49. The van der Waals surface area contributed by atoms with Crippen molar-refractivity contribution in [3.05, 3.63) is 59.2 Å². The summed E-state index contributed by atoms with van der Waals surface area (Å²) < 4.78 is 10.4. The molecule has 0 heterocycles. The Balaban J connectivity index is 2.07. The third kappa shape index (κ3) is 4.58. The number of anilines is 1. The van der Waals surface area contributed by atoms with E-state index in [9.17, 15) is 9.59 Å². The number of hydrogen-bond acceptors (Lipinski definition) is 5. The molecule has 128 valence electrons. The SMILES string of the molecule is COc1ccc(C)cc1C(=O)O[C@@H](C)C(=O)Nc1cccc(C#N)c1. The van der Waals surface area contributed by atoms with Crippen molar-refractivity contribution in [2.24, 2.45) is 0 Å². The van der Waals surface area contributed by atoms with Crippen LogP contribution in [0.1, 0.15) is 28.4 Å². The van der Waals surface area contributed by atoms with E-state index in [1.165, 1.54) is 20.1 Å². The van der Waals surface area contributed by atoms with Crippen molar-refractivity contribution in [3.8, 4) is 11.8 Å². The van der Waals surface area contributed by atoms with Crippen LogP contribution in [0.4, 0.5) is 5.69 Å². The molecular formula is C19H18N2O4. The van der Waals surface area contributed by atoms with E-state index in [-0.39, 0.29) is 5.56 Å². The van der Waals surface area contributed by atoms with Crippen LogP contribution in [0.2, 0.25) is 0 Å². The first-order valence-electron chi connectivity index (χ1n) is 7.61. The van der Waals surface area contributed by atoms with Crippen molar-refractivity contribution in [1.29, 1.82) is 5.26 Å². The molecule has 0 spiro atoms. The lowest BCUT2D eigenvalue weighted by molar-refractivity contribution is -0.123. The Labute approximate surface area is 146 Å². The monoisotopic (exact) mass is 338 g/mol. The second-order valence-electron chi connectivity index (χ2n) is 5.43. The van der Waals surface area contributed by atoms with Gasteiger partial charge in [0.1, 0.15) is 11.3 Å². The Kier molecular flexibility index (Phi) is 5.75. The zero-order valence-corrected chi connectivity index (χ0v) is 14.2. The smallest absolute Gasteiger partial charge is 0.342 e. The summed E-state index contributed by atoms with van der Waals surface area (Å²) in [5, 5.41) is 11.5. The summed E-state index contributed by atoms with van der Waals surface area (Å²) in [6.45, 7) is 3.32. The maximum absolute atomic E-state index is 12.3. The van der Waals surface area contributed by atoms with E-state index < -0.39 is 18.0 Å². The van der Waals surface area contributed by atoms with Gasteiger partial charge in [-0.05, 0) is 44.2 Å². The highest BCUT2D eigenvalue weighted by molar-refractivity contribution is 5.98. The molecule has 2 aromatic rings. The number of nitrogens with zero attached hydrogens (tertiary/aromatic N) is 1. The first-order valence-corrected chi connectivity index (χ1v) is 7.61. The van der Waals surface area contributed by atoms with Crippen molar-refractivity contribution >= 4 is 17.6 Å². The molecule has 1 atom stereocenters. The number of carbonyl (C=O) groups is 2. The molecule has 0 aromatic heterocycles. The highest BCUT2D eigenvalue weighted by Crippen LogP contribution is 2.21. The zero-order valence-electron chi connectivity index (χ0n) is 14.2. The van der Waals surface area contributed by atoms with E-state index >= 15 is 0 Å². The van der Waals surface area contributed by atoms with Crippen LogP contribution < -0.4 is 10.1 Å². The highest BCUT2D eigenvalue weighted by atomic mass is 16.5. The lowest BCUT2D eigenvalue weighted by atomic mass is 10.1. The van der Waals surface area contributed by atoms with Crippen molar-refractivity contribution in [3.63, 3.8) is 0 Å². The molecule has 0 bridgehead atoms. The van der Waals surface area contributed by atoms with Gasteiger partial charge in [0.05, 0.1) is 18.7 Å². The van der Waals surface area contributed by atoms with Crippen LogP contribution in [0.3, 0.4) is 0 Å². The second kappa shape index (κ2) is 7.97. The van der Waals surface area contributed by atoms with Crippen molar-refractivity contribution in [1.82, 2.24) is 0 Å². The fraction of sp³-hybridized carbons (Fsp3) is 0.211. The van der Waals surface area contributed by atoms with Crippen LogP contribution in [-0.2, 0) is 9.53 Å². The number of nitriles is 1. The van der Waals surface area contributed by atoms with Gasteiger partial charge < -0.3 is 14.8 Å². The topological polar surface area (TPSA) is 88.4 Å². The Morgan fingerprint density at radius 1 is 1.20 bits per heavy atom. The standard InChI is InChI=1S/C19H18N2O4/c1-12-7-8-17(24-3)16(9-12)19(23)25-13(2)18(22)21-15-6-4-5-14(10-15)11-20/h4-10,13H,1-3H3,(H,21,22)/t13-/m0/s1. The van der Waals surface area contributed by atoms with Gasteiger partial charge in [-0.2, -0.15) is 5.26 Å². The molecule has 2 aromatic carbocycles. The average Bonchev–Trinajstić information content (AvgIpc) is 2.61. The largest absolute Gasteiger partial charge is 0.496 e. The molecule has 0 aliphatic carbocycles. The van der Waals surface area contributed by atoms with Crippen LogP contribution in [-0.4, -0.2) is 25.1 Å². The number of amides is 1. The third-order valence-corrected chi connectivity index (χ3v) is 3.49. The second-order valence-corrected chi connectivity index (χ2v) is 5.43. The van der Waals surface area contributed by atoms with Gasteiger partial charge in [0.2, 0.25) is 0 Å². The van der Waals surface area contributed by atoms with Gasteiger partial charge in [0.25, 0.3) is 5.91 Å². The molecule has 0 saturated carbocycles. The number of benzene rings is 2. The maximum atomic E-state index is 12.3. The van der Waals surface area contributed by atoms with E-state index in [2.05, 4.69) is 5.32 Å². The van der Waals surface area contributed by atoms with E-state index in [0.717, 1.165) is 5.56 Å².